The summed E-state index contributed by atoms with van der Waals surface area (Å²) < 4.78 is 13.8. The Morgan fingerprint density at radius 3 is 2.89 bits per heavy atom. The standard InChI is InChI=1S/C11H15FN6/c1-2-8-10(12)11(16-6-14-8)13-5-3-4-9-15-7-17-18-9/h6-7H,2-5H2,1H3,(H,13,14,16)(H,15,17,18). The second kappa shape index (κ2) is 6.04. The molecule has 0 aliphatic heterocycles. The Morgan fingerprint density at radius 1 is 1.28 bits per heavy atom. The molecule has 0 radical (unpaired) electrons. The summed E-state index contributed by atoms with van der Waals surface area (Å²) in [5, 5.41) is 9.50. The molecule has 0 fully saturated rings. The summed E-state index contributed by atoms with van der Waals surface area (Å²) >= 11 is 0. The summed E-state index contributed by atoms with van der Waals surface area (Å²) in [6, 6.07) is 0. The third kappa shape index (κ3) is 2.99. The third-order valence-corrected chi connectivity index (χ3v) is 2.54. The smallest absolute Gasteiger partial charge is 0.186 e. The van der Waals surface area contributed by atoms with Crippen molar-refractivity contribution in [3.63, 3.8) is 0 Å². The fourth-order valence-electron chi connectivity index (χ4n) is 1.59. The normalized spacial score (nSPS) is 10.6. The van der Waals surface area contributed by atoms with E-state index >= 15 is 0 Å². The molecule has 0 saturated carbocycles. The number of rotatable bonds is 6. The highest BCUT2D eigenvalue weighted by atomic mass is 19.1. The van der Waals surface area contributed by atoms with Gasteiger partial charge in [-0.3, -0.25) is 5.10 Å². The SMILES string of the molecule is CCc1ncnc(NCCCc2ncn[nH]2)c1F. The molecule has 96 valence electrons. The van der Waals surface area contributed by atoms with E-state index < -0.39 is 0 Å². The van der Waals surface area contributed by atoms with E-state index in [0.29, 0.717) is 18.7 Å². The molecule has 2 heterocycles. The van der Waals surface area contributed by atoms with Gasteiger partial charge in [-0.15, -0.1) is 0 Å². The van der Waals surface area contributed by atoms with E-state index in [-0.39, 0.29) is 11.6 Å². The van der Waals surface area contributed by atoms with Crippen molar-refractivity contribution in [3.8, 4) is 0 Å². The van der Waals surface area contributed by atoms with E-state index in [2.05, 4.69) is 30.5 Å². The van der Waals surface area contributed by atoms with Gasteiger partial charge in [0.05, 0.1) is 5.69 Å². The third-order valence-electron chi connectivity index (χ3n) is 2.54. The molecule has 6 nitrogen and oxygen atoms in total. The van der Waals surface area contributed by atoms with Crippen molar-refractivity contribution in [1.82, 2.24) is 25.1 Å². The highest BCUT2D eigenvalue weighted by Crippen LogP contribution is 2.13. The van der Waals surface area contributed by atoms with Crippen molar-refractivity contribution in [3.05, 3.63) is 30.0 Å². The molecule has 2 rings (SSSR count). The number of anilines is 1. The second-order valence-electron chi connectivity index (χ2n) is 3.80. The van der Waals surface area contributed by atoms with Crippen LogP contribution >= 0.6 is 0 Å². The molecular formula is C11H15FN6. The lowest BCUT2D eigenvalue weighted by Crippen LogP contribution is -2.09. The average Bonchev–Trinajstić information content (AvgIpc) is 2.89. The van der Waals surface area contributed by atoms with Gasteiger partial charge in [0.1, 0.15) is 18.5 Å². The van der Waals surface area contributed by atoms with Crippen LogP contribution in [0.4, 0.5) is 10.2 Å². The maximum Gasteiger partial charge on any atom is 0.186 e. The van der Waals surface area contributed by atoms with E-state index in [4.69, 9.17) is 0 Å². The van der Waals surface area contributed by atoms with Crippen molar-refractivity contribution < 1.29 is 4.39 Å². The number of nitrogens with zero attached hydrogens (tertiary/aromatic N) is 4. The lowest BCUT2D eigenvalue weighted by Gasteiger charge is -2.07. The quantitative estimate of drug-likeness (QED) is 0.756. The van der Waals surface area contributed by atoms with E-state index in [1.807, 2.05) is 6.92 Å². The van der Waals surface area contributed by atoms with Crippen LogP contribution in [0.3, 0.4) is 0 Å². The number of H-pyrrole nitrogens is 1. The molecule has 0 aromatic carbocycles. The second-order valence-corrected chi connectivity index (χ2v) is 3.80. The van der Waals surface area contributed by atoms with Crippen LogP contribution in [0.5, 0.6) is 0 Å². The Morgan fingerprint density at radius 2 is 2.17 bits per heavy atom. The molecule has 0 saturated heterocycles. The first-order chi connectivity index (χ1) is 8.81. The van der Waals surface area contributed by atoms with Gasteiger partial charge in [0, 0.05) is 13.0 Å². The summed E-state index contributed by atoms with van der Waals surface area (Å²) in [4.78, 5) is 11.8. The molecule has 0 amide bonds. The molecule has 0 bridgehead atoms. The highest BCUT2D eigenvalue weighted by Gasteiger charge is 2.08. The van der Waals surface area contributed by atoms with E-state index in [9.17, 15) is 4.39 Å². The lowest BCUT2D eigenvalue weighted by molar-refractivity contribution is 0.596. The van der Waals surface area contributed by atoms with Crippen LogP contribution in [0.1, 0.15) is 24.9 Å². The molecule has 2 N–H and O–H groups in total. The van der Waals surface area contributed by atoms with E-state index in [1.165, 1.54) is 12.7 Å². The molecule has 0 aliphatic rings. The van der Waals surface area contributed by atoms with Gasteiger partial charge in [0.25, 0.3) is 0 Å². The molecule has 0 spiro atoms. The zero-order valence-electron chi connectivity index (χ0n) is 10.1. The van der Waals surface area contributed by atoms with E-state index in [1.54, 1.807) is 0 Å². The number of hydrogen-bond donors (Lipinski definition) is 2. The van der Waals surface area contributed by atoms with Gasteiger partial charge < -0.3 is 5.32 Å². The molecule has 0 aliphatic carbocycles. The van der Waals surface area contributed by atoms with Crippen LogP contribution in [-0.2, 0) is 12.8 Å². The zero-order chi connectivity index (χ0) is 12.8. The highest BCUT2D eigenvalue weighted by molar-refractivity contribution is 5.37. The Labute approximate surface area is 104 Å². The van der Waals surface area contributed by atoms with Crippen LogP contribution < -0.4 is 5.32 Å². The van der Waals surface area contributed by atoms with Gasteiger partial charge in [-0.2, -0.15) is 5.10 Å². The number of halogens is 1. The van der Waals surface area contributed by atoms with Crippen molar-refractivity contribution in [2.75, 3.05) is 11.9 Å². The topological polar surface area (TPSA) is 79.4 Å². The Balaban J connectivity index is 1.83. The number of hydrogen-bond acceptors (Lipinski definition) is 5. The molecular weight excluding hydrogens is 235 g/mol. The Hall–Kier alpha value is -2.05. The minimum Gasteiger partial charge on any atom is -0.368 e. The monoisotopic (exact) mass is 250 g/mol. The summed E-state index contributed by atoms with van der Waals surface area (Å²) in [7, 11) is 0. The van der Waals surface area contributed by atoms with Crippen molar-refractivity contribution >= 4 is 5.82 Å². The predicted molar refractivity (Wildman–Crippen MR) is 64.6 cm³/mol. The van der Waals surface area contributed by atoms with Crippen LogP contribution in [0.15, 0.2) is 12.7 Å². The Kier molecular flexibility index (Phi) is 4.16. The first kappa shape index (κ1) is 12.4. The maximum absolute atomic E-state index is 13.8. The Bertz CT molecular complexity index is 484. The fourth-order valence-corrected chi connectivity index (χ4v) is 1.59. The van der Waals surface area contributed by atoms with Gasteiger partial charge in [0.15, 0.2) is 11.6 Å². The minimum atomic E-state index is -0.361. The van der Waals surface area contributed by atoms with Gasteiger partial charge >= 0.3 is 0 Å². The zero-order valence-corrected chi connectivity index (χ0v) is 10.1. The molecule has 2 aromatic rings. The fraction of sp³-hybridized carbons (Fsp3) is 0.455. The lowest BCUT2D eigenvalue weighted by atomic mass is 10.3. The predicted octanol–water partition coefficient (Wildman–Crippen LogP) is 1.34. The van der Waals surface area contributed by atoms with Gasteiger partial charge in [-0.1, -0.05) is 6.92 Å². The first-order valence-electron chi connectivity index (χ1n) is 5.88. The van der Waals surface area contributed by atoms with Crippen LogP contribution in [0.25, 0.3) is 0 Å². The van der Waals surface area contributed by atoms with Crippen molar-refractivity contribution in [1.29, 1.82) is 0 Å². The van der Waals surface area contributed by atoms with Crippen molar-refractivity contribution in [2.24, 2.45) is 0 Å². The van der Waals surface area contributed by atoms with E-state index in [0.717, 1.165) is 18.7 Å². The molecule has 18 heavy (non-hydrogen) atoms. The average molecular weight is 250 g/mol. The molecule has 2 aromatic heterocycles. The largest absolute Gasteiger partial charge is 0.368 e. The van der Waals surface area contributed by atoms with Crippen molar-refractivity contribution in [2.45, 2.75) is 26.2 Å². The summed E-state index contributed by atoms with van der Waals surface area (Å²) in [6.07, 6.45) is 4.99. The van der Waals surface area contributed by atoms with Gasteiger partial charge in [0.2, 0.25) is 0 Å². The van der Waals surface area contributed by atoms with Crippen LogP contribution in [-0.4, -0.2) is 31.7 Å². The van der Waals surface area contributed by atoms with Crippen LogP contribution in [0, 0.1) is 5.82 Å². The maximum atomic E-state index is 13.8. The van der Waals surface area contributed by atoms with Gasteiger partial charge in [-0.05, 0) is 12.8 Å². The molecule has 0 unspecified atom stereocenters. The summed E-state index contributed by atoms with van der Waals surface area (Å²) in [5.41, 5.74) is 0.433. The number of aromatic nitrogens is 5. The van der Waals surface area contributed by atoms with Crippen LogP contribution in [0.2, 0.25) is 0 Å². The first-order valence-corrected chi connectivity index (χ1v) is 5.88. The number of nitrogens with one attached hydrogen (secondary N) is 2. The van der Waals surface area contributed by atoms with Gasteiger partial charge in [-0.25, -0.2) is 19.3 Å². The number of aryl methyl sites for hydroxylation is 2. The molecule has 0 atom stereocenters. The molecule has 7 heteroatoms. The summed E-state index contributed by atoms with van der Waals surface area (Å²) in [6.45, 7) is 2.48. The minimum absolute atomic E-state index is 0.263. The summed E-state index contributed by atoms with van der Waals surface area (Å²) in [5.74, 6) is 0.730. The number of aromatic amines is 1.